The van der Waals surface area contributed by atoms with Gasteiger partial charge in [-0.1, -0.05) is 11.8 Å². The Morgan fingerprint density at radius 2 is 2.16 bits per heavy atom. The van der Waals surface area contributed by atoms with Crippen LogP contribution in [0.3, 0.4) is 0 Å². The number of aromatic nitrogens is 1. The van der Waals surface area contributed by atoms with Gasteiger partial charge >= 0.3 is 12.1 Å². The molecule has 7 heteroatoms. The number of nitrogens with zero attached hydrogens (tertiary/aromatic N) is 1. The standard InChI is InChI=1S/C12H11F3N2O2/c1-9-4-5-10(8-17-9)19-7-3-2-6-16-11(18)12(13,14)15/h4-5,8H,6-7H2,1H3,(H,16,18). The van der Waals surface area contributed by atoms with Crippen LogP contribution >= 0.6 is 0 Å². The first-order valence-corrected chi connectivity index (χ1v) is 5.26. The first kappa shape index (κ1) is 14.8. The Balaban J connectivity index is 2.25. The zero-order valence-electron chi connectivity index (χ0n) is 10.0. The Labute approximate surface area is 108 Å². The zero-order valence-corrected chi connectivity index (χ0v) is 10.0. The Morgan fingerprint density at radius 1 is 1.42 bits per heavy atom. The molecule has 0 aliphatic rings. The number of halogens is 3. The topological polar surface area (TPSA) is 51.2 Å². The number of nitrogens with one attached hydrogen (secondary N) is 1. The van der Waals surface area contributed by atoms with Gasteiger partial charge in [-0.2, -0.15) is 13.2 Å². The third-order valence-corrected chi connectivity index (χ3v) is 1.92. The Hall–Kier alpha value is -2.23. The summed E-state index contributed by atoms with van der Waals surface area (Å²) in [6.45, 7) is 1.45. The van der Waals surface area contributed by atoms with Crippen molar-refractivity contribution >= 4 is 5.91 Å². The van der Waals surface area contributed by atoms with Crippen LogP contribution < -0.4 is 10.1 Å². The number of carbonyl (C=O) groups is 1. The molecule has 1 rings (SSSR count). The molecule has 1 aromatic rings. The predicted octanol–water partition coefficient (Wildman–Crippen LogP) is 1.45. The number of alkyl halides is 3. The van der Waals surface area contributed by atoms with E-state index in [1.807, 2.05) is 6.92 Å². The highest BCUT2D eigenvalue weighted by Crippen LogP contribution is 2.13. The molecule has 0 unspecified atom stereocenters. The molecule has 1 N–H and O–H groups in total. The first-order valence-electron chi connectivity index (χ1n) is 5.26. The lowest BCUT2D eigenvalue weighted by atomic mass is 10.4. The van der Waals surface area contributed by atoms with Crippen molar-refractivity contribution in [3.05, 3.63) is 24.0 Å². The zero-order chi connectivity index (χ0) is 14.3. The number of carbonyl (C=O) groups excluding carboxylic acids is 1. The highest BCUT2D eigenvalue weighted by Gasteiger charge is 2.38. The summed E-state index contributed by atoms with van der Waals surface area (Å²) in [5.41, 5.74) is 0.841. The van der Waals surface area contributed by atoms with Gasteiger partial charge in [-0.15, -0.1) is 0 Å². The molecule has 0 saturated carbocycles. The van der Waals surface area contributed by atoms with Gasteiger partial charge in [0.2, 0.25) is 0 Å². The van der Waals surface area contributed by atoms with Gasteiger partial charge in [0.1, 0.15) is 12.4 Å². The van der Waals surface area contributed by atoms with Crippen molar-refractivity contribution < 1.29 is 22.7 Å². The fourth-order valence-corrected chi connectivity index (χ4v) is 0.997. The first-order chi connectivity index (χ1) is 8.89. The molecule has 0 fully saturated rings. The third kappa shape index (κ3) is 5.77. The summed E-state index contributed by atoms with van der Waals surface area (Å²) >= 11 is 0. The van der Waals surface area contributed by atoms with Gasteiger partial charge in [-0.3, -0.25) is 9.78 Å². The van der Waals surface area contributed by atoms with Gasteiger partial charge in [0, 0.05) is 5.69 Å². The van der Waals surface area contributed by atoms with E-state index in [0.29, 0.717) is 5.75 Å². The highest BCUT2D eigenvalue weighted by molar-refractivity contribution is 5.81. The van der Waals surface area contributed by atoms with Crippen LogP contribution in [0, 0.1) is 18.8 Å². The highest BCUT2D eigenvalue weighted by atomic mass is 19.4. The molecular weight excluding hydrogens is 261 g/mol. The lowest BCUT2D eigenvalue weighted by Gasteiger charge is -2.04. The number of hydrogen-bond donors (Lipinski definition) is 1. The summed E-state index contributed by atoms with van der Waals surface area (Å²) in [5.74, 6) is 3.32. The van der Waals surface area contributed by atoms with E-state index in [0.717, 1.165) is 5.69 Å². The van der Waals surface area contributed by atoms with Crippen LogP contribution in [0.15, 0.2) is 18.3 Å². The molecule has 0 atom stereocenters. The molecule has 19 heavy (non-hydrogen) atoms. The second-order valence-electron chi connectivity index (χ2n) is 3.46. The van der Waals surface area contributed by atoms with Gasteiger partial charge in [-0.25, -0.2) is 0 Å². The van der Waals surface area contributed by atoms with Gasteiger partial charge in [-0.05, 0) is 19.1 Å². The number of hydrogen-bond acceptors (Lipinski definition) is 3. The fourth-order valence-electron chi connectivity index (χ4n) is 0.997. The lowest BCUT2D eigenvalue weighted by Crippen LogP contribution is -2.36. The van der Waals surface area contributed by atoms with Crippen LogP contribution in [-0.4, -0.2) is 30.2 Å². The third-order valence-electron chi connectivity index (χ3n) is 1.92. The summed E-state index contributed by atoms with van der Waals surface area (Å²) in [6.07, 6.45) is -3.37. The van der Waals surface area contributed by atoms with E-state index in [1.165, 1.54) is 6.20 Å². The van der Waals surface area contributed by atoms with E-state index in [9.17, 15) is 18.0 Å². The lowest BCUT2D eigenvalue weighted by molar-refractivity contribution is -0.173. The van der Waals surface area contributed by atoms with Crippen molar-refractivity contribution in [3.8, 4) is 17.6 Å². The maximum absolute atomic E-state index is 11.8. The average Bonchev–Trinajstić information content (AvgIpc) is 2.34. The van der Waals surface area contributed by atoms with Crippen LogP contribution in [0.25, 0.3) is 0 Å². The molecule has 0 saturated heterocycles. The van der Waals surface area contributed by atoms with Crippen molar-refractivity contribution in [2.24, 2.45) is 0 Å². The molecular formula is C12H11F3N2O2. The molecule has 0 bridgehead atoms. The van der Waals surface area contributed by atoms with Crippen molar-refractivity contribution in [2.45, 2.75) is 13.1 Å². The van der Waals surface area contributed by atoms with Crippen LogP contribution in [0.1, 0.15) is 5.69 Å². The summed E-state index contributed by atoms with van der Waals surface area (Å²) < 4.78 is 40.5. The van der Waals surface area contributed by atoms with Crippen LogP contribution in [-0.2, 0) is 4.79 Å². The Bertz CT molecular complexity index is 486. The van der Waals surface area contributed by atoms with Gasteiger partial charge in [0.15, 0.2) is 0 Å². The van der Waals surface area contributed by atoms with E-state index in [2.05, 4.69) is 16.8 Å². The molecule has 0 spiro atoms. The maximum atomic E-state index is 11.8. The molecule has 0 aromatic carbocycles. The molecule has 0 aliphatic carbocycles. The fraction of sp³-hybridized carbons (Fsp3) is 0.333. The normalized spacial score (nSPS) is 10.3. The van der Waals surface area contributed by atoms with Crippen LogP contribution in [0.2, 0.25) is 0 Å². The summed E-state index contributed by atoms with van der Waals surface area (Å²) in [6, 6.07) is 3.46. The molecule has 0 radical (unpaired) electrons. The van der Waals surface area contributed by atoms with E-state index < -0.39 is 12.1 Å². The number of pyridine rings is 1. The number of aryl methyl sites for hydroxylation is 1. The van der Waals surface area contributed by atoms with Crippen molar-refractivity contribution in [1.29, 1.82) is 0 Å². The Kier molecular flexibility index (Phi) is 5.18. The number of amides is 1. The molecule has 1 heterocycles. The molecule has 1 amide bonds. The smallest absolute Gasteiger partial charge is 0.471 e. The molecule has 102 valence electrons. The summed E-state index contributed by atoms with van der Waals surface area (Å²) in [7, 11) is 0. The molecule has 1 aromatic heterocycles. The maximum Gasteiger partial charge on any atom is 0.471 e. The van der Waals surface area contributed by atoms with Crippen molar-refractivity contribution in [1.82, 2.24) is 10.3 Å². The van der Waals surface area contributed by atoms with Gasteiger partial charge in [0.05, 0.1) is 12.7 Å². The van der Waals surface area contributed by atoms with Crippen molar-refractivity contribution in [3.63, 3.8) is 0 Å². The van der Waals surface area contributed by atoms with Crippen LogP contribution in [0.4, 0.5) is 13.2 Å². The van der Waals surface area contributed by atoms with Crippen molar-refractivity contribution in [2.75, 3.05) is 13.2 Å². The van der Waals surface area contributed by atoms with E-state index in [1.54, 1.807) is 17.4 Å². The van der Waals surface area contributed by atoms with Gasteiger partial charge in [0.25, 0.3) is 0 Å². The second-order valence-corrected chi connectivity index (χ2v) is 3.46. The monoisotopic (exact) mass is 272 g/mol. The quantitative estimate of drug-likeness (QED) is 0.847. The van der Waals surface area contributed by atoms with Crippen LogP contribution in [0.5, 0.6) is 5.75 Å². The minimum Gasteiger partial charge on any atom is -0.479 e. The minimum absolute atomic E-state index is 0.00658. The molecule has 0 aliphatic heterocycles. The number of ether oxygens (including phenoxy) is 1. The minimum atomic E-state index is -4.88. The largest absolute Gasteiger partial charge is 0.479 e. The molecule has 4 nitrogen and oxygen atoms in total. The van der Waals surface area contributed by atoms with E-state index in [4.69, 9.17) is 4.74 Å². The van der Waals surface area contributed by atoms with Gasteiger partial charge < -0.3 is 10.1 Å². The Morgan fingerprint density at radius 3 is 2.74 bits per heavy atom. The van der Waals surface area contributed by atoms with E-state index in [-0.39, 0.29) is 13.2 Å². The summed E-state index contributed by atoms with van der Waals surface area (Å²) in [5, 5.41) is 1.62. The average molecular weight is 272 g/mol. The second kappa shape index (κ2) is 6.64. The summed E-state index contributed by atoms with van der Waals surface area (Å²) in [4.78, 5) is 14.4. The number of rotatable bonds is 3. The predicted molar refractivity (Wildman–Crippen MR) is 61.3 cm³/mol. The SMILES string of the molecule is Cc1ccc(OCC#CCNC(=O)C(F)(F)F)cn1. The van der Waals surface area contributed by atoms with E-state index >= 15 is 0 Å².